The van der Waals surface area contributed by atoms with Crippen molar-refractivity contribution in [3.8, 4) is 0 Å². The summed E-state index contributed by atoms with van der Waals surface area (Å²) in [7, 11) is 0. The Morgan fingerprint density at radius 1 is 0.409 bits per heavy atom. The molecule has 0 bridgehead atoms. The first-order valence-corrected chi connectivity index (χ1v) is 29.6. The number of hydrogen-bond donors (Lipinski definition) is 3. The van der Waals surface area contributed by atoms with Crippen LogP contribution in [-0.4, -0.2) is 47.4 Å². The molecule has 0 heterocycles. The highest BCUT2D eigenvalue weighted by molar-refractivity contribution is 5.76. The zero-order chi connectivity index (χ0) is 47.9. The number of hydrogen-bond acceptors (Lipinski definition) is 5. The summed E-state index contributed by atoms with van der Waals surface area (Å²) in [6.45, 7) is 4.90. The lowest BCUT2D eigenvalue weighted by atomic mass is 10.0. The molecule has 0 fully saturated rings. The summed E-state index contributed by atoms with van der Waals surface area (Å²) < 4.78 is 5.46. The van der Waals surface area contributed by atoms with Crippen LogP contribution in [0, 0.1) is 0 Å². The van der Waals surface area contributed by atoms with E-state index in [2.05, 4.69) is 31.3 Å². The van der Waals surface area contributed by atoms with Gasteiger partial charge in [-0.05, 0) is 57.8 Å². The Kier molecular flexibility index (Phi) is 54.5. The average Bonchev–Trinajstić information content (AvgIpc) is 3.32. The molecule has 0 aliphatic carbocycles. The zero-order valence-electron chi connectivity index (χ0n) is 44.4. The van der Waals surface area contributed by atoms with E-state index < -0.39 is 12.1 Å². The Morgan fingerprint density at radius 3 is 1.08 bits per heavy atom. The summed E-state index contributed by atoms with van der Waals surface area (Å²) in [6, 6.07) is -0.640. The van der Waals surface area contributed by atoms with Gasteiger partial charge in [-0.1, -0.05) is 276 Å². The number of esters is 1. The van der Waals surface area contributed by atoms with Gasteiger partial charge in [-0.3, -0.25) is 9.59 Å². The van der Waals surface area contributed by atoms with Gasteiger partial charge < -0.3 is 20.3 Å². The average molecular weight is 931 g/mol. The van der Waals surface area contributed by atoms with Crippen molar-refractivity contribution in [1.82, 2.24) is 5.32 Å². The number of allylic oxidation sites excluding steroid dienone is 3. The molecule has 0 aliphatic rings. The third-order valence-corrected chi connectivity index (χ3v) is 13.7. The maximum Gasteiger partial charge on any atom is 0.305 e. The number of ether oxygens (including phenoxy) is 1. The monoisotopic (exact) mass is 930 g/mol. The third kappa shape index (κ3) is 51.7. The standard InChI is InChI=1S/C60H115NO5/c1-3-5-7-9-11-13-15-17-18-19-20-21-22-25-29-32-36-40-44-48-52-58(63)57(56-62)61-59(64)53-49-45-41-37-33-30-26-23-24-27-31-35-39-43-47-51-55-66-60(65)54-50-46-42-38-34-28-16-14-12-10-8-6-4-2/h23,26,48,52,57-58,62-63H,3-22,24-25,27-47,49-51,53-56H2,1-2H3,(H,61,64)/b26-23-,52-48+. The second-order valence-electron chi connectivity index (χ2n) is 20.3. The van der Waals surface area contributed by atoms with Crippen molar-refractivity contribution in [3.63, 3.8) is 0 Å². The molecule has 0 rings (SSSR count). The molecule has 390 valence electrons. The fraction of sp³-hybridized carbons (Fsp3) is 0.900. The molecule has 0 spiro atoms. The van der Waals surface area contributed by atoms with Crippen molar-refractivity contribution in [2.45, 2.75) is 334 Å². The SMILES string of the molecule is CCCCCCCCCCCCCCCCCCCC/C=C/C(O)C(CO)NC(=O)CCCCCCC/C=C\CCCCCCCCCOC(=O)CCCCCCCCCCCCCCC. The molecule has 3 N–H and O–H groups in total. The predicted octanol–water partition coefficient (Wildman–Crippen LogP) is 18.2. The van der Waals surface area contributed by atoms with E-state index in [4.69, 9.17) is 4.74 Å². The van der Waals surface area contributed by atoms with E-state index in [1.165, 1.54) is 231 Å². The maximum absolute atomic E-state index is 12.5. The molecule has 0 saturated carbocycles. The van der Waals surface area contributed by atoms with Crippen molar-refractivity contribution in [3.05, 3.63) is 24.3 Å². The summed E-state index contributed by atoms with van der Waals surface area (Å²) in [5, 5.41) is 23.2. The molecule has 2 unspecified atom stereocenters. The van der Waals surface area contributed by atoms with Crippen LogP contribution in [0.15, 0.2) is 24.3 Å². The van der Waals surface area contributed by atoms with E-state index in [-0.39, 0.29) is 18.5 Å². The molecule has 0 radical (unpaired) electrons. The van der Waals surface area contributed by atoms with Gasteiger partial charge in [0.15, 0.2) is 0 Å². The van der Waals surface area contributed by atoms with Crippen LogP contribution in [0.25, 0.3) is 0 Å². The van der Waals surface area contributed by atoms with E-state index in [1.807, 2.05) is 6.08 Å². The quantitative estimate of drug-likeness (QED) is 0.0321. The molecule has 0 aromatic heterocycles. The molecule has 2 atom stereocenters. The molecule has 1 amide bonds. The van der Waals surface area contributed by atoms with Crippen LogP contribution in [0.5, 0.6) is 0 Å². The molecule has 66 heavy (non-hydrogen) atoms. The van der Waals surface area contributed by atoms with Gasteiger partial charge in [0.2, 0.25) is 5.91 Å². The van der Waals surface area contributed by atoms with E-state index in [0.717, 1.165) is 64.2 Å². The first-order chi connectivity index (χ1) is 32.5. The van der Waals surface area contributed by atoms with Crippen molar-refractivity contribution in [2.75, 3.05) is 13.2 Å². The molecule has 0 saturated heterocycles. The molecule has 6 heteroatoms. The number of carbonyl (C=O) groups is 2. The molecule has 0 aliphatic heterocycles. The number of rotatable bonds is 55. The Morgan fingerprint density at radius 2 is 0.712 bits per heavy atom. The number of unbranched alkanes of at least 4 members (excludes halogenated alkanes) is 42. The largest absolute Gasteiger partial charge is 0.466 e. The van der Waals surface area contributed by atoms with Gasteiger partial charge in [-0.15, -0.1) is 0 Å². The fourth-order valence-corrected chi connectivity index (χ4v) is 9.16. The van der Waals surface area contributed by atoms with E-state index in [0.29, 0.717) is 19.4 Å². The van der Waals surface area contributed by atoms with E-state index >= 15 is 0 Å². The second-order valence-corrected chi connectivity index (χ2v) is 20.3. The highest BCUT2D eigenvalue weighted by Gasteiger charge is 2.18. The first-order valence-electron chi connectivity index (χ1n) is 29.6. The highest BCUT2D eigenvalue weighted by atomic mass is 16.5. The summed E-state index contributed by atoms with van der Waals surface area (Å²) in [5.74, 6) is -0.0844. The van der Waals surface area contributed by atoms with E-state index in [9.17, 15) is 19.8 Å². The van der Waals surface area contributed by atoms with Crippen LogP contribution < -0.4 is 5.32 Å². The minimum Gasteiger partial charge on any atom is -0.466 e. The van der Waals surface area contributed by atoms with Crippen LogP contribution >= 0.6 is 0 Å². The molecule has 0 aromatic carbocycles. The van der Waals surface area contributed by atoms with Gasteiger partial charge in [0.25, 0.3) is 0 Å². The summed E-state index contributed by atoms with van der Waals surface area (Å²) in [5.41, 5.74) is 0. The van der Waals surface area contributed by atoms with E-state index in [1.54, 1.807) is 6.08 Å². The van der Waals surface area contributed by atoms with Crippen LogP contribution in [0.1, 0.15) is 322 Å². The van der Waals surface area contributed by atoms with Gasteiger partial charge in [0.05, 0.1) is 25.4 Å². The maximum atomic E-state index is 12.5. The van der Waals surface area contributed by atoms with Crippen LogP contribution in [-0.2, 0) is 14.3 Å². The number of nitrogens with one attached hydrogen (secondary N) is 1. The Hall–Kier alpha value is -1.66. The Bertz CT molecular complexity index is 1030. The lowest BCUT2D eigenvalue weighted by molar-refractivity contribution is -0.143. The van der Waals surface area contributed by atoms with Crippen molar-refractivity contribution in [1.29, 1.82) is 0 Å². The fourth-order valence-electron chi connectivity index (χ4n) is 9.16. The van der Waals surface area contributed by atoms with Gasteiger partial charge >= 0.3 is 5.97 Å². The smallest absolute Gasteiger partial charge is 0.305 e. The number of aliphatic hydroxyl groups is 2. The molecule has 6 nitrogen and oxygen atoms in total. The summed E-state index contributed by atoms with van der Waals surface area (Å²) in [6.07, 6.45) is 67.7. The molecular formula is C60H115NO5. The third-order valence-electron chi connectivity index (χ3n) is 13.7. The molecular weight excluding hydrogens is 815 g/mol. The minimum atomic E-state index is -0.855. The lowest BCUT2D eigenvalue weighted by Crippen LogP contribution is -2.45. The van der Waals surface area contributed by atoms with Crippen molar-refractivity contribution >= 4 is 11.9 Å². The summed E-state index contributed by atoms with van der Waals surface area (Å²) >= 11 is 0. The van der Waals surface area contributed by atoms with Crippen LogP contribution in [0.3, 0.4) is 0 Å². The lowest BCUT2D eigenvalue weighted by Gasteiger charge is -2.20. The number of amides is 1. The zero-order valence-corrected chi connectivity index (χ0v) is 44.4. The number of carbonyl (C=O) groups excluding carboxylic acids is 2. The topological polar surface area (TPSA) is 95.9 Å². The Balaban J connectivity index is 3.50. The number of aliphatic hydroxyl groups excluding tert-OH is 2. The van der Waals surface area contributed by atoms with Crippen LogP contribution in [0.2, 0.25) is 0 Å². The van der Waals surface area contributed by atoms with Gasteiger partial charge in [0.1, 0.15) is 0 Å². The Labute approximate surface area is 411 Å². The first kappa shape index (κ1) is 64.3. The highest BCUT2D eigenvalue weighted by Crippen LogP contribution is 2.17. The van der Waals surface area contributed by atoms with Crippen molar-refractivity contribution in [2.24, 2.45) is 0 Å². The van der Waals surface area contributed by atoms with Gasteiger partial charge in [0, 0.05) is 12.8 Å². The van der Waals surface area contributed by atoms with Gasteiger partial charge in [-0.2, -0.15) is 0 Å². The second kappa shape index (κ2) is 55.9. The summed E-state index contributed by atoms with van der Waals surface area (Å²) in [4.78, 5) is 24.5. The minimum absolute atomic E-state index is 0.00197. The van der Waals surface area contributed by atoms with Crippen LogP contribution in [0.4, 0.5) is 0 Å². The normalized spacial score (nSPS) is 12.7. The molecule has 0 aromatic rings. The van der Waals surface area contributed by atoms with Gasteiger partial charge in [-0.25, -0.2) is 0 Å². The predicted molar refractivity (Wildman–Crippen MR) is 287 cm³/mol. The van der Waals surface area contributed by atoms with Crippen molar-refractivity contribution < 1.29 is 24.5 Å².